The van der Waals surface area contributed by atoms with Crippen molar-refractivity contribution in [2.24, 2.45) is 0 Å². The second kappa shape index (κ2) is 3.88. The van der Waals surface area contributed by atoms with Crippen LogP contribution in [-0.4, -0.2) is 23.9 Å². The fourth-order valence-corrected chi connectivity index (χ4v) is 1.17. The van der Waals surface area contributed by atoms with Crippen molar-refractivity contribution in [3.05, 3.63) is 11.6 Å². The van der Waals surface area contributed by atoms with Crippen LogP contribution < -0.4 is 0 Å². The number of hydrogen-bond acceptors (Lipinski definition) is 2. The van der Waals surface area contributed by atoms with Crippen LogP contribution in [0.5, 0.6) is 0 Å². The zero-order valence-electron chi connectivity index (χ0n) is 7.21. The van der Waals surface area contributed by atoms with Crippen LogP contribution in [0.15, 0.2) is 11.6 Å². The lowest BCUT2D eigenvalue weighted by Crippen LogP contribution is -2.07. The van der Waals surface area contributed by atoms with E-state index in [1.165, 1.54) is 0 Å². The highest BCUT2D eigenvalue weighted by Gasteiger charge is 2.13. The molecule has 2 nitrogen and oxygen atoms in total. The van der Waals surface area contributed by atoms with Gasteiger partial charge in [0.05, 0.1) is 12.2 Å². The number of aliphatic hydroxyl groups excluding tert-OH is 1. The van der Waals surface area contributed by atoms with Gasteiger partial charge in [-0.15, -0.1) is 0 Å². The summed E-state index contributed by atoms with van der Waals surface area (Å²) in [5.74, 6) is 0. The molecule has 0 aliphatic carbocycles. The van der Waals surface area contributed by atoms with Crippen LogP contribution in [0, 0.1) is 0 Å². The minimum Gasteiger partial charge on any atom is -0.389 e. The Morgan fingerprint density at radius 2 is 2.45 bits per heavy atom. The molecule has 0 saturated carbocycles. The van der Waals surface area contributed by atoms with Crippen molar-refractivity contribution in [3.63, 3.8) is 0 Å². The van der Waals surface area contributed by atoms with Gasteiger partial charge in [0.25, 0.3) is 0 Å². The van der Waals surface area contributed by atoms with Crippen molar-refractivity contribution < 1.29 is 9.84 Å². The summed E-state index contributed by atoms with van der Waals surface area (Å²) in [6.07, 6.45) is 4.19. The Morgan fingerprint density at radius 1 is 1.73 bits per heavy atom. The van der Waals surface area contributed by atoms with E-state index in [0.29, 0.717) is 0 Å². The van der Waals surface area contributed by atoms with E-state index in [0.717, 1.165) is 25.0 Å². The molecule has 1 fully saturated rings. The quantitative estimate of drug-likeness (QED) is 0.614. The SMILES string of the molecule is CC(=CC1CCCO1)C(C)O. The highest BCUT2D eigenvalue weighted by molar-refractivity contribution is 5.06. The van der Waals surface area contributed by atoms with Gasteiger partial charge < -0.3 is 9.84 Å². The van der Waals surface area contributed by atoms with Crippen molar-refractivity contribution in [2.75, 3.05) is 6.61 Å². The molecule has 0 amide bonds. The minimum atomic E-state index is -0.334. The molecule has 0 aromatic carbocycles. The molecule has 2 unspecified atom stereocenters. The monoisotopic (exact) mass is 156 g/mol. The number of aliphatic hydroxyl groups is 1. The molecule has 1 heterocycles. The molecule has 0 bridgehead atoms. The molecule has 1 aliphatic heterocycles. The first-order chi connectivity index (χ1) is 5.20. The predicted octanol–water partition coefficient (Wildman–Crippen LogP) is 1.49. The predicted molar refractivity (Wildman–Crippen MR) is 44.4 cm³/mol. The van der Waals surface area contributed by atoms with Crippen LogP contribution in [0.4, 0.5) is 0 Å². The molecule has 0 spiro atoms. The van der Waals surface area contributed by atoms with Gasteiger partial charge >= 0.3 is 0 Å². The lowest BCUT2D eigenvalue weighted by Gasteiger charge is -2.08. The van der Waals surface area contributed by atoms with Crippen LogP contribution in [0.2, 0.25) is 0 Å². The van der Waals surface area contributed by atoms with Gasteiger partial charge in [0, 0.05) is 6.61 Å². The molecular formula is C9H16O2. The molecule has 0 aromatic heterocycles. The number of hydrogen-bond donors (Lipinski definition) is 1. The van der Waals surface area contributed by atoms with Crippen molar-refractivity contribution in [3.8, 4) is 0 Å². The third-order valence-electron chi connectivity index (χ3n) is 2.07. The van der Waals surface area contributed by atoms with E-state index in [9.17, 15) is 0 Å². The highest BCUT2D eigenvalue weighted by atomic mass is 16.5. The molecule has 1 rings (SSSR count). The summed E-state index contributed by atoms with van der Waals surface area (Å²) in [4.78, 5) is 0. The van der Waals surface area contributed by atoms with Gasteiger partial charge in [-0.3, -0.25) is 0 Å². The van der Waals surface area contributed by atoms with Crippen molar-refractivity contribution in [1.82, 2.24) is 0 Å². The number of rotatable bonds is 2. The Labute approximate surface area is 67.9 Å². The van der Waals surface area contributed by atoms with Crippen LogP contribution in [0.25, 0.3) is 0 Å². The molecule has 1 saturated heterocycles. The third kappa shape index (κ3) is 2.64. The fraction of sp³-hybridized carbons (Fsp3) is 0.778. The van der Waals surface area contributed by atoms with Gasteiger partial charge in [0.2, 0.25) is 0 Å². The fourth-order valence-electron chi connectivity index (χ4n) is 1.17. The second-order valence-corrected chi connectivity index (χ2v) is 3.14. The molecule has 11 heavy (non-hydrogen) atoms. The molecule has 1 N–H and O–H groups in total. The summed E-state index contributed by atoms with van der Waals surface area (Å²) in [6, 6.07) is 0. The van der Waals surface area contributed by atoms with Crippen LogP contribution >= 0.6 is 0 Å². The third-order valence-corrected chi connectivity index (χ3v) is 2.07. The molecule has 2 heteroatoms. The van der Waals surface area contributed by atoms with Gasteiger partial charge in [-0.25, -0.2) is 0 Å². The largest absolute Gasteiger partial charge is 0.389 e. The van der Waals surface area contributed by atoms with Crippen molar-refractivity contribution in [2.45, 2.75) is 38.9 Å². The Kier molecular flexibility index (Phi) is 3.09. The Morgan fingerprint density at radius 3 is 2.91 bits per heavy atom. The van der Waals surface area contributed by atoms with E-state index in [4.69, 9.17) is 9.84 Å². The maximum atomic E-state index is 9.16. The zero-order valence-corrected chi connectivity index (χ0v) is 7.21. The first-order valence-electron chi connectivity index (χ1n) is 4.18. The minimum absolute atomic E-state index is 0.254. The summed E-state index contributed by atoms with van der Waals surface area (Å²) < 4.78 is 5.39. The topological polar surface area (TPSA) is 29.5 Å². The molecule has 0 aromatic rings. The van der Waals surface area contributed by atoms with E-state index in [1.807, 2.05) is 13.0 Å². The zero-order chi connectivity index (χ0) is 8.27. The summed E-state index contributed by atoms with van der Waals surface area (Å²) in [5.41, 5.74) is 1.01. The Bertz CT molecular complexity index is 144. The van der Waals surface area contributed by atoms with Gasteiger partial charge in [-0.05, 0) is 32.3 Å². The Hall–Kier alpha value is -0.340. The summed E-state index contributed by atoms with van der Waals surface area (Å²) in [6.45, 7) is 4.58. The average molecular weight is 156 g/mol. The van der Waals surface area contributed by atoms with E-state index < -0.39 is 0 Å². The van der Waals surface area contributed by atoms with E-state index in [2.05, 4.69) is 0 Å². The van der Waals surface area contributed by atoms with Gasteiger partial charge in [0.15, 0.2) is 0 Å². The second-order valence-electron chi connectivity index (χ2n) is 3.14. The maximum Gasteiger partial charge on any atom is 0.0760 e. The standard InChI is InChI=1S/C9H16O2/c1-7(8(2)10)6-9-4-3-5-11-9/h6,8-10H,3-5H2,1-2H3. The molecule has 1 aliphatic rings. The molecule has 0 radical (unpaired) electrons. The van der Waals surface area contributed by atoms with Crippen LogP contribution in [-0.2, 0) is 4.74 Å². The normalized spacial score (nSPS) is 29.0. The average Bonchev–Trinajstić information content (AvgIpc) is 2.39. The lowest BCUT2D eigenvalue weighted by molar-refractivity contribution is 0.142. The molecule has 64 valence electrons. The van der Waals surface area contributed by atoms with E-state index in [-0.39, 0.29) is 12.2 Å². The summed E-state index contributed by atoms with van der Waals surface area (Å²) in [7, 11) is 0. The molecular weight excluding hydrogens is 140 g/mol. The summed E-state index contributed by atoms with van der Waals surface area (Å²) in [5, 5.41) is 9.16. The summed E-state index contributed by atoms with van der Waals surface area (Å²) >= 11 is 0. The van der Waals surface area contributed by atoms with Crippen LogP contribution in [0.1, 0.15) is 26.7 Å². The lowest BCUT2D eigenvalue weighted by atomic mass is 10.1. The van der Waals surface area contributed by atoms with Gasteiger partial charge in [0.1, 0.15) is 0 Å². The Balaban J connectivity index is 2.42. The smallest absolute Gasteiger partial charge is 0.0760 e. The first kappa shape index (κ1) is 8.75. The van der Waals surface area contributed by atoms with Crippen molar-refractivity contribution in [1.29, 1.82) is 0 Å². The van der Waals surface area contributed by atoms with Crippen LogP contribution in [0.3, 0.4) is 0 Å². The van der Waals surface area contributed by atoms with Gasteiger partial charge in [-0.1, -0.05) is 6.08 Å². The van der Waals surface area contributed by atoms with E-state index >= 15 is 0 Å². The molecule has 2 atom stereocenters. The number of ether oxygens (including phenoxy) is 1. The van der Waals surface area contributed by atoms with Gasteiger partial charge in [-0.2, -0.15) is 0 Å². The maximum absolute atomic E-state index is 9.16. The van der Waals surface area contributed by atoms with E-state index in [1.54, 1.807) is 6.92 Å². The van der Waals surface area contributed by atoms with Crippen molar-refractivity contribution >= 4 is 0 Å². The highest BCUT2D eigenvalue weighted by Crippen LogP contribution is 2.15. The first-order valence-corrected chi connectivity index (χ1v) is 4.18.